The summed E-state index contributed by atoms with van der Waals surface area (Å²) >= 11 is 3.35. The first kappa shape index (κ1) is 14.9. The number of amides is 1. The monoisotopic (exact) mass is 279 g/mol. The first-order chi connectivity index (χ1) is 7.09. The van der Waals surface area contributed by atoms with Gasteiger partial charge >= 0.3 is 0 Å². The number of hydrogen-bond acceptors (Lipinski definition) is 2. The molecule has 0 spiro atoms. The Bertz CT molecular complexity index is 174. The first-order valence-electron chi connectivity index (χ1n) is 5.59. The van der Waals surface area contributed by atoms with Gasteiger partial charge in [0.15, 0.2) is 0 Å². The van der Waals surface area contributed by atoms with Crippen LogP contribution in [0.25, 0.3) is 0 Å². The predicted molar refractivity (Wildman–Crippen MR) is 66.3 cm³/mol. The number of hydrogen-bond donors (Lipinski definition) is 1. The highest BCUT2D eigenvalue weighted by atomic mass is 79.9. The Hall–Kier alpha value is -0.0900. The lowest BCUT2D eigenvalue weighted by atomic mass is 10.1. The molecule has 0 heterocycles. The molecule has 0 aromatic carbocycles. The van der Waals surface area contributed by atoms with Gasteiger partial charge in [0.1, 0.15) is 0 Å². The molecule has 0 aliphatic carbocycles. The largest absolute Gasteiger partial charge is 0.380 e. The van der Waals surface area contributed by atoms with E-state index in [2.05, 4.69) is 28.2 Å². The SMILES string of the molecule is CCCCOCCNC(=O)C(Br)C(C)C. The van der Waals surface area contributed by atoms with Gasteiger partial charge in [0.05, 0.1) is 11.4 Å². The van der Waals surface area contributed by atoms with Gasteiger partial charge in [0.2, 0.25) is 5.91 Å². The smallest absolute Gasteiger partial charge is 0.234 e. The number of ether oxygens (including phenoxy) is 1. The highest BCUT2D eigenvalue weighted by Crippen LogP contribution is 2.11. The average molecular weight is 280 g/mol. The molecule has 1 unspecified atom stereocenters. The van der Waals surface area contributed by atoms with E-state index in [1.807, 2.05) is 13.8 Å². The van der Waals surface area contributed by atoms with E-state index < -0.39 is 0 Å². The highest BCUT2D eigenvalue weighted by Gasteiger charge is 2.17. The van der Waals surface area contributed by atoms with Gasteiger partial charge in [-0.05, 0) is 12.3 Å². The summed E-state index contributed by atoms with van der Waals surface area (Å²) in [5.74, 6) is 0.357. The van der Waals surface area contributed by atoms with Gasteiger partial charge in [-0.1, -0.05) is 43.1 Å². The summed E-state index contributed by atoms with van der Waals surface area (Å²) in [5.41, 5.74) is 0. The minimum Gasteiger partial charge on any atom is -0.380 e. The zero-order chi connectivity index (χ0) is 11.7. The van der Waals surface area contributed by atoms with Gasteiger partial charge in [-0.25, -0.2) is 0 Å². The maximum atomic E-state index is 11.5. The van der Waals surface area contributed by atoms with Crippen LogP contribution in [0.5, 0.6) is 0 Å². The molecule has 0 saturated carbocycles. The molecule has 0 fully saturated rings. The topological polar surface area (TPSA) is 38.3 Å². The molecular weight excluding hydrogens is 258 g/mol. The number of halogens is 1. The van der Waals surface area contributed by atoms with Crippen LogP contribution in [0.3, 0.4) is 0 Å². The van der Waals surface area contributed by atoms with Gasteiger partial charge in [-0.2, -0.15) is 0 Å². The van der Waals surface area contributed by atoms with Crippen molar-refractivity contribution in [3.8, 4) is 0 Å². The fourth-order valence-corrected chi connectivity index (χ4v) is 1.16. The summed E-state index contributed by atoms with van der Waals surface area (Å²) in [6.45, 7) is 8.13. The molecule has 1 atom stereocenters. The quantitative estimate of drug-likeness (QED) is 0.547. The number of nitrogens with one attached hydrogen (secondary N) is 1. The predicted octanol–water partition coefficient (Wildman–Crippen LogP) is 2.34. The van der Waals surface area contributed by atoms with Gasteiger partial charge < -0.3 is 10.1 Å². The van der Waals surface area contributed by atoms with Crippen molar-refractivity contribution >= 4 is 21.8 Å². The fraction of sp³-hybridized carbons (Fsp3) is 0.909. The molecule has 90 valence electrons. The zero-order valence-electron chi connectivity index (χ0n) is 9.88. The van der Waals surface area contributed by atoms with Gasteiger partial charge in [-0.15, -0.1) is 0 Å². The second kappa shape index (κ2) is 9.16. The Balaban J connectivity index is 3.39. The van der Waals surface area contributed by atoms with E-state index in [0.717, 1.165) is 19.4 Å². The molecule has 3 nitrogen and oxygen atoms in total. The second-order valence-electron chi connectivity index (χ2n) is 3.90. The van der Waals surface area contributed by atoms with E-state index in [1.165, 1.54) is 0 Å². The van der Waals surface area contributed by atoms with Crippen molar-refractivity contribution in [2.75, 3.05) is 19.8 Å². The number of unbranched alkanes of at least 4 members (excludes halogenated alkanes) is 1. The van der Waals surface area contributed by atoms with Crippen molar-refractivity contribution in [1.29, 1.82) is 0 Å². The third-order valence-electron chi connectivity index (χ3n) is 2.02. The van der Waals surface area contributed by atoms with Gasteiger partial charge in [0.25, 0.3) is 0 Å². The van der Waals surface area contributed by atoms with Gasteiger partial charge in [-0.3, -0.25) is 4.79 Å². The Morgan fingerprint density at radius 1 is 1.40 bits per heavy atom. The minimum atomic E-state index is -0.104. The lowest BCUT2D eigenvalue weighted by Crippen LogP contribution is -2.36. The molecule has 0 aliphatic heterocycles. The molecule has 1 amide bonds. The Labute approximate surface area is 101 Å². The van der Waals surface area contributed by atoms with E-state index in [-0.39, 0.29) is 10.7 Å². The van der Waals surface area contributed by atoms with E-state index in [1.54, 1.807) is 0 Å². The minimum absolute atomic E-state index is 0.0455. The summed E-state index contributed by atoms with van der Waals surface area (Å²) < 4.78 is 5.33. The van der Waals surface area contributed by atoms with E-state index in [9.17, 15) is 4.79 Å². The second-order valence-corrected chi connectivity index (χ2v) is 4.89. The summed E-state index contributed by atoms with van der Waals surface area (Å²) in [6.07, 6.45) is 2.23. The number of alkyl halides is 1. The van der Waals surface area contributed by atoms with E-state index >= 15 is 0 Å². The van der Waals surface area contributed by atoms with Crippen LogP contribution < -0.4 is 5.32 Å². The Kier molecular flexibility index (Phi) is 9.10. The maximum Gasteiger partial charge on any atom is 0.234 e. The standard InChI is InChI=1S/C11H22BrNO2/c1-4-5-7-15-8-6-13-11(14)10(12)9(2)3/h9-10H,4-8H2,1-3H3,(H,13,14). The normalized spacial score (nSPS) is 12.9. The van der Waals surface area contributed by atoms with Crippen molar-refractivity contribution in [2.45, 2.75) is 38.4 Å². The van der Waals surface area contributed by atoms with Crippen LogP contribution in [0.1, 0.15) is 33.6 Å². The van der Waals surface area contributed by atoms with Gasteiger partial charge in [0, 0.05) is 13.2 Å². The molecule has 1 N–H and O–H groups in total. The van der Waals surface area contributed by atoms with Crippen LogP contribution in [0.4, 0.5) is 0 Å². The Morgan fingerprint density at radius 2 is 2.07 bits per heavy atom. The van der Waals surface area contributed by atoms with Crippen LogP contribution in [-0.2, 0) is 9.53 Å². The Morgan fingerprint density at radius 3 is 2.60 bits per heavy atom. The molecule has 0 rings (SSSR count). The van der Waals surface area contributed by atoms with Crippen LogP contribution in [0, 0.1) is 5.92 Å². The van der Waals surface area contributed by atoms with Crippen LogP contribution in [0.2, 0.25) is 0 Å². The van der Waals surface area contributed by atoms with E-state index in [4.69, 9.17) is 4.74 Å². The van der Waals surface area contributed by atoms with Crippen LogP contribution >= 0.6 is 15.9 Å². The molecular formula is C11H22BrNO2. The molecule has 0 aliphatic rings. The number of carbonyl (C=O) groups excluding carboxylic acids is 1. The fourth-order valence-electron chi connectivity index (χ4n) is 0.995. The lowest BCUT2D eigenvalue weighted by Gasteiger charge is -2.13. The molecule has 0 saturated heterocycles. The van der Waals surface area contributed by atoms with Crippen LogP contribution in [0.15, 0.2) is 0 Å². The molecule has 0 bridgehead atoms. The molecule has 4 heteroatoms. The van der Waals surface area contributed by atoms with Crippen molar-refractivity contribution in [3.63, 3.8) is 0 Å². The third kappa shape index (κ3) is 7.79. The van der Waals surface area contributed by atoms with Crippen molar-refractivity contribution in [3.05, 3.63) is 0 Å². The van der Waals surface area contributed by atoms with Crippen LogP contribution in [-0.4, -0.2) is 30.5 Å². The third-order valence-corrected chi connectivity index (χ3v) is 3.50. The number of rotatable bonds is 8. The van der Waals surface area contributed by atoms with Crippen molar-refractivity contribution < 1.29 is 9.53 Å². The van der Waals surface area contributed by atoms with E-state index in [0.29, 0.717) is 19.1 Å². The zero-order valence-corrected chi connectivity index (χ0v) is 11.5. The summed E-state index contributed by atoms with van der Waals surface area (Å²) in [7, 11) is 0. The molecule has 0 aromatic heterocycles. The highest BCUT2D eigenvalue weighted by molar-refractivity contribution is 9.10. The maximum absolute atomic E-state index is 11.5. The van der Waals surface area contributed by atoms with Crippen molar-refractivity contribution in [2.24, 2.45) is 5.92 Å². The van der Waals surface area contributed by atoms with Crippen molar-refractivity contribution in [1.82, 2.24) is 5.32 Å². The lowest BCUT2D eigenvalue weighted by molar-refractivity contribution is -0.121. The molecule has 0 radical (unpaired) electrons. The summed E-state index contributed by atoms with van der Waals surface area (Å²) in [4.78, 5) is 11.4. The average Bonchev–Trinajstić information content (AvgIpc) is 2.21. The summed E-state index contributed by atoms with van der Waals surface area (Å²) in [6, 6.07) is 0. The summed E-state index contributed by atoms with van der Waals surface area (Å²) in [5, 5.41) is 2.83. The number of carbonyl (C=O) groups is 1. The first-order valence-corrected chi connectivity index (χ1v) is 6.50. The molecule has 15 heavy (non-hydrogen) atoms. The molecule has 0 aromatic rings.